The number of amides is 1. The van der Waals surface area contributed by atoms with Gasteiger partial charge in [-0.2, -0.15) is 0 Å². The SMILES string of the molecule is C/C=C/C(=O)N1CCCC1C1CCCC1. The summed E-state index contributed by atoms with van der Waals surface area (Å²) in [6, 6.07) is 0.552. The Labute approximate surface area is 92.3 Å². The summed E-state index contributed by atoms with van der Waals surface area (Å²) >= 11 is 0. The maximum atomic E-state index is 11.9. The van der Waals surface area contributed by atoms with Gasteiger partial charge in [-0.3, -0.25) is 4.79 Å². The van der Waals surface area contributed by atoms with Crippen LogP contribution in [0.15, 0.2) is 12.2 Å². The summed E-state index contributed by atoms with van der Waals surface area (Å²) in [6.45, 7) is 2.89. The average molecular weight is 207 g/mol. The van der Waals surface area contributed by atoms with Crippen LogP contribution in [0, 0.1) is 5.92 Å². The fourth-order valence-corrected chi connectivity index (χ4v) is 3.14. The molecule has 2 rings (SSSR count). The van der Waals surface area contributed by atoms with E-state index in [1.807, 2.05) is 13.0 Å². The summed E-state index contributed by atoms with van der Waals surface area (Å²) < 4.78 is 0. The molecule has 0 bridgehead atoms. The van der Waals surface area contributed by atoms with Gasteiger partial charge in [0.2, 0.25) is 5.91 Å². The van der Waals surface area contributed by atoms with Gasteiger partial charge in [0, 0.05) is 12.6 Å². The third-order valence-electron chi connectivity index (χ3n) is 3.84. The minimum Gasteiger partial charge on any atom is -0.336 e. The topological polar surface area (TPSA) is 20.3 Å². The lowest BCUT2D eigenvalue weighted by molar-refractivity contribution is -0.127. The molecule has 0 N–H and O–H groups in total. The summed E-state index contributed by atoms with van der Waals surface area (Å²) in [4.78, 5) is 14.0. The molecule has 1 aliphatic heterocycles. The Kier molecular flexibility index (Phi) is 3.45. The number of rotatable bonds is 2. The van der Waals surface area contributed by atoms with Crippen molar-refractivity contribution in [3.8, 4) is 0 Å². The Bertz CT molecular complexity index is 253. The molecule has 0 aromatic rings. The van der Waals surface area contributed by atoms with Crippen molar-refractivity contribution in [3.05, 3.63) is 12.2 Å². The van der Waals surface area contributed by atoms with E-state index < -0.39 is 0 Å². The third-order valence-corrected chi connectivity index (χ3v) is 3.84. The van der Waals surface area contributed by atoms with Crippen LogP contribution >= 0.6 is 0 Å². The molecular formula is C13H21NO. The first-order valence-electron chi connectivity index (χ1n) is 6.26. The minimum absolute atomic E-state index is 0.229. The van der Waals surface area contributed by atoms with E-state index in [0.717, 1.165) is 12.5 Å². The summed E-state index contributed by atoms with van der Waals surface area (Å²) in [5.41, 5.74) is 0. The predicted octanol–water partition coefficient (Wildman–Crippen LogP) is 2.74. The molecule has 0 aromatic carbocycles. The quantitative estimate of drug-likeness (QED) is 0.638. The Hall–Kier alpha value is -0.790. The van der Waals surface area contributed by atoms with Crippen LogP contribution in [0.3, 0.4) is 0 Å². The molecule has 2 fully saturated rings. The van der Waals surface area contributed by atoms with Gasteiger partial charge in [0.1, 0.15) is 0 Å². The highest BCUT2D eigenvalue weighted by atomic mass is 16.2. The second-order valence-corrected chi connectivity index (χ2v) is 4.79. The summed E-state index contributed by atoms with van der Waals surface area (Å²) in [5.74, 6) is 1.02. The van der Waals surface area contributed by atoms with Gasteiger partial charge in [0.15, 0.2) is 0 Å². The molecule has 2 heteroatoms. The first-order valence-corrected chi connectivity index (χ1v) is 6.26. The van der Waals surface area contributed by atoms with E-state index in [9.17, 15) is 4.79 Å². The van der Waals surface area contributed by atoms with Crippen LogP contribution in [0.1, 0.15) is 45.4 Å². The van der Waals surface area contributed by atoms with Gasteiger partial charge in [0.05, 0.1) is 0 Å². The molecule has 0 aromatic heterocycles. The summed E-state index contributed by atoms with van der Waals surface area (Å²) in [6.07, 6.45) is 11.4. The molecule has 84 valence electrons. The van der Waals surface area contributed by atoms with Crippen LogP contribution < -0.4 is 0 Å². The van der Waals surface area contributed by atoms with Crippen LogP contribution in [0.2, 0.25) is 0 Å². The number of hydrogen-bond donors (Lipinski definition) is 0. The average Bonchev–Trinajstić information content (AvgIpc) is 2.88. The van der Waals surface area contributed by atoms with Crippen molar-refractivity contribution in [1.29, 1.82) is 0 Å². The normalized spacial score (nSPS) is 28.1. The molecule has 1 heterocycles. The highest BCUT2D eigenvalue weighted by Gasteiger charge is 2.34. The zero-order chi connectivity index (χ0) is 10.7. The minimum atomic E-state index is 0.229. The van der Waals surface area contributed by atoms with Gasteiger partial charge >= 0.3 is 0 Å². The molecule has 15 heavy (non-hydrogen) atoms. The highest BCUT2D eigenvalue weighted by molar-refractivity contribution is 5.88. The van der Waals surface area contributed by atoms with Crippen molar-refractivity contribution < 1.29 is 4.79 Å². The Morgan fingerprint density at radius 2 is 1.93 bits per heavy atom. The zero-order valence-electron chi connectivity index (χ0n) is 9.61. The number of likely N-dealkylation sites (tertiary alicyclic amines) is 1. The van der Waals surface area contributed by atoms with Gasteiger partial charge in [-0.05, 0) is 44.6 Å². The standard InChI is InChI=1S/C13H21NO/c1-2-6-13(15)14-10-5-9-12(14)11-7-3-4-8-11/h2,6,11-12H,3-5,7-10H2,1H3/b6-2+. The number of allylic oxidation sites excluding steroid dienone is 1. The lowest BCUT2D eigenvalue weighted by atomic mass is 9.96. The molecule has 1 atom stereocenters. The Morgan fingerprint density at radius 1 is 1.20 bits per heavy atom. The monoisotopic (exact) mass is 207 g/mol. The number of carbonyl (C=O) groups excluding carboxylic acids is 1. The van der Waals surface area contributed by atoms with Crippen LogP contribution in [-0.2, 0) is 4.79 Å². The van der Waals surface area contributed by atoms with Gasteiger partial charge in [-0.1, -0.05) is 18.9 Å². The van der Waals surface area contributed by atoms with Crippen molar-refractivity contribution in [2.24, 2.45) is 5.92 Å². The number of nitrogens with zero attached hydrogens (tertiary/aromatic N) is 1. The molecule has 2 nitrogen and oxygen atoms in total. The van der Waals surface area contributed by atoms with Gasteiger partial charge in [-0.25, -0.2) is 0 Å². The van der Waals surface area contributed by atoms with E-state index in [0.29, 0.717) is 6.04 Å². The van der Waals surface area contributed by atoms with E-state index in [4.69, 9.17) is 0 Å². The molecule has 0 spiro atoms. The molecule has 1 saturated carbocycles. The van der Waals surface area contributed by atoms with Crippen molar-refractivity contribution in [2.75, 3.05) is 6.54 Å². The van der Waals surface area contributed by atoms with Gasteiger partial charge in [0.25, 0.3) is 0 Å². The molecule has 1 saturated heterocycles. The molecule has 1 unspecified atom stereocenters. The fraction of sp³-hybridized carbons (Fsp3) is 0.769. The van der Waals surface area contributed by atoms with E-state index in [1.165, 1.54) is 38.5 Å². The Morgan fingerprint density at radius 3 is 2.60 bits per heavy atom. The van der Waals surface area contributed by atoms with Gasteiger partial charge < -0.3 is 4.90 Å². The summed E-state index contributed by atoms with van der Waals surface area (Å²) in [7, 11) is 0. The highest BCUT2D eigenvalue weighted by Crippen LogP contribution is 2.35. The van der Waals surface area contributed by atoms with Crippen LogP contribution in [-0.4, -0.2) is 23.4 Å². The second kappa shape index (κ2) is 4.82. The Balaban J connectivity index is 2.00. The van der Waals surface area contributed by atoms with E-state index >= 15 is 0 Å². The molecule has 1 amide bonds. The number of carbonyl (C=O) groups is 1. The lowest BCUT2D eigenvalue weighted by Crippen LogP contribution is -2.38. The maximum Gasteiger partial charge on any atom is 0.246 e. The fourth-order valence-electron chi connectivity index (χ4n) is 3.14. The first-order chi connectivity index (χ1) is 7.33. The molecule has 1 aliphatic carbocycles. The molecular weight excluding hydrogens is 186 g/mol. The van der Waals surface area contributed by atoms with Crippen molar-refractivity contribution >= 4 is 5.91 Å². The third kappa shape index (κ3) is 2.24. The zero-order valence-corrected chi connectivity index (χ0v) is 9.61. The van der Waals surface area contributed by atoms with E-state index in [-0.39, 0.29) is 5.91 Å². The molecule has 0 radical (unpaired) electrons. The van der Waals surface area contributed by atoms with Gasteiger partial charge in [-0.15, -0.1) is 0 Å². The van der Waals surface area contributed by atoms with E-state index in [2.05, 4.69) is 4.90 Å². The number of hydrogen-bond acceptors (Lipinski definition) is 1. The largest absolute Gasteiger partial charge is 0.336 e. The smallest absolute Gasteiger partial charge is 0.246 e. The lowest BCUT2D eigenvalue weighted by Gasteiger charge is -2.28. The van der Waals surface area contributed by atoms with Crippen LogP contribution in [0.4, 0.5) is 0 Å². The van der Waals surface area contributed by atoms with E-state index in [1.54, 1.807) is 6.08 Å². The van der Waals surface area contributed by atoms with Crippen LogP contribution in [0.25, 0.3) is 0 Å². The van der Waals surface area contributed by atoms with Crippen molar-refractivity contribution in [1.82, 2.24) is 4.90 Å². The first kappa shape index (κ1) is 10.7. The molecule has 2 aliphatic rings. The predicted molar refractivity (Wildman–Crippen MR) is 61.5 cm³/mol. The van der Waals surface area contributed by atoms with Crippen LogP contribution in [0.5, 0.6) is 0 Å². The van der Waals surface area contributed by atoms with Crippen molar-refractivity contribution in [3.63, 3.8) is 0 Å². The van der Waals surface area contributed by atoms with Crippen molar-refractivity contribution in [2.45, 2.75) is 51.5 Å². The maximum absolute atomic E-state index is 11.9. The second-order valence-electron chi connectivity index (χ2n) is 4.79. The summed E-state index contributed by atoms with van der Waals surface area (Å²) in [5, 5.41) is 0.